The van der Waals surface area contributed by atoms with E-state index in [1.165, 1.54) is 12.1 Å². The highest BCUT2D eigenvalue weighted by atomic mass is 35.5. The Balaban J connectivity index is 2.68. The largest absolute Gasteiger partial charge is 0.508 e. The summed E-state index contributed by atoms with van der Waals surface area (Å²) in [6, 6.07) is 3.44. The molecule has 0 bridgehead atoms. The molecule has 0 aliphatic heterocycles. The molecule has 0 spiro atoms. The second-order valence-corrected chi connectivity index (χ2v) is 2.99. The van der Waals surface area contributed by atoms with Crippen molar-refractivity contribution in [3.8, 4) is 11.5 Å². The van der Waals surface area contributed by atoms with Crippen molar-refractivity contribution in [2.75, 3.05) is 6.61 Å². The maximum Gasteiger partial charge on any atom is 0.422 e. The average molecular weight is 227 g/mol. The summed E-state index contributed by atoms with van der Waals surface area (Å²) in [5, 5.41) is 9.09. The number of alkyl halides is 3. The van der Waals surface area contributed by atoms with Crippen molar-refractivity contribution in [3.63, 3.8) is 0 Å². The van der Waals surface area contributed by atoms with Gasteiger partial charge in [-0.05, 0) is 12.1 Å². The van der Waals surface area contributed by atoms with Crippen molar-refractivity contribution in [3.05, 3.63) is 23.2 Å². The van der Waals surface area contributed by atoms with Gasteiger partial charge in [-0.25, -0.2) is 0 Å². The van der Waals surface area contributed by atoms with Crippen LogP contribution in [0.25, 0.3) is 0 Å². The van der Waals surface area contributed by atoms with E-state index in [1.807, 2.05) is 0 Å². The van der Waals surface area contributed by atoms with Gasteiger partial charge in [0.25, 0.3) is 0 Å². The average Bonchev–Trinajstić information content (AvgIpc) is 1.97. The van der Waals surface area contributed by atoms with Gasteiger partial charge in [-0.3, -0.25) is 0 Å². The molecule has 78 valence electrons. The van der Waals surface area contributed by atoms with E-state index >= 15 is 0 Å². The quantitative estimate of drug-likeness (QED) is 0.840. The number of halogens is 4. The molecule has 1 N–H and O–H groups in total. The van der Waals surface area contributed by atoms with Gasteiger partial charge in [0.2, 0.25) is 0 Å². The summed E-state index contributed by atoms with van der Waals surface area (Å²) in [6.45, 7) is -1.41. The van der Waals surface area contributed by atoms with Crippen LogP contribution in [0.2, 0.25) is 5.02 Å². The number of hydrogen-bond acceptors (Lipinski definition) is 2. The first kappa shape index (κ1) is 11.0. The summed E-state index contributed by atoms with van der Waals surface area (Å²) in [5.41, 5.74) is 0. The van der Waals surface area contributed by atoms with E-state index in [0.29, 0.717) is 0 Å². The fourth-order valence-corrected chi connectivity index (χ4v) is 1.02. The van der Waals surface area contributed by atoms with Gasteiger partial charge in [-0.15, -0.1) is 0 Å². The number of aromatic hydroxyl groups is 1. The lowest BCUT2D eigenvalue weighted by atomic mass is 10.3. The number of benzene rings is 1. The first-order chi connectivity index (χ1) is 6.37. The maximum atomic E-state index is 11.7. The predicted octanol–water partition coefficient (Wildman–Crippen LogP) is 2.99. The first-order valence-electron chi connectivity index (χ1n) is 3.56. The molecule has 1 aromatic rings. The molecule has 0 heterocycles. The summed E-state index contributed by atoms with van der Waals surface area (Å²) in [4.78, 5) is 0. The number of phenolic OH excluding ortho intramolecular Hbond substituents is 1. The van der Waals surface area contributed by atoms with Crippen LogP contribution in [0.5, 0.6) is 11.5 Å². The van der Waals surface area contributed by atoms with Crippen LogP contribution in [0, 0.1) is 0 Å². The topological polar surface area (TPSA) is 29.5 Å². The third kappa shape index (κ3) is 3.74. The Morgan fingerprint density at radius 2 is 1.93 bits per heavy atom. The Morgan fingerprint density at radius 3 is 2.43 bits per heavy atom. The molecule has 0 atom stereocenters. The van der Waals surface area contributed by atoms with Crippen molar-refractivity contribution in [2.45, 2.75) is 6.18 Å². The van der Waals surface area contributed by atoms with Crippen LogP contribution in [0.4, 0.5) is 13.2 Å². The standard InChI is InChI=1S/C8H6ClF3O2/c9-5-1-6(13)3-7(2-5)14-4-8(10,11)12/h1-3,13H,4H2. The fraction of sp³-hybridized carbons (Fsp3) is 0.250. The molecule has 0 amide bonds. The Bertz CT molecular complexity index is 305. The van der Waals surface area contributed by atoms with E-state index < -0.39 is 12.8 Å². The zero-order valence-electron chi connectivity index (χ0n) is 6.81. The lowest BCUT2D eigenvalue weighted by Gasteiger charge is -2.09. The number of rotatable bonds is 2. The van der Waals surface area contributed by atoms with E-state index in [0.717, 1.165) is 6.07 Å². The lowest BCUT2D eigenvalue weighted by Crippen LogP contribution is -2.19. The molecule has 1 rings (SSSR count). The van der Waals surface area contributed by atoms with Gasteiger partial charge in [0, 0.05) is 11.1 Å². The smallest absolute Gasteiger partial charge is 0.422 e. The summed E-state index contributed by atoms with van der Waals surface area (Å²) in [7, 11) is 0. The predicted molar refractivity (Wildman–Crippen MR) is 44.7 cm³/mol. The zero-order valence-corrected chi connectivity index (χ0v) is 7.56. The minimum atomic E-state index is -4.40. The second-order valence-electron chi connectivity index (χ2n) is 2.55. The molecule has 0 fully saturated rings. The monoisotopic (exact) mass is 226 g/mol. The van der Waals surface area contributed by atoms with Gasteiger partial charge in [-0.1, -0.05) is 11.6 Å². The van der Waals surface area contributed by atoms with Crippen molar-refractivity contribution in [1.82, 2.24) is 0 Å². The number of phenols is 1. The Labute approximate surface area is 82.9 Å². The summed E-state index contributed by atoms with van der Waals surface area (Å²) in [6.07, 6.45) is -4.40. The van der Waals surface area contributed by atoms with Gasteiger partial charge >= 0.3 is 6.18 Å². The first-order valence-corrected chi connectivity index (χ1v) is 3.94. The van der Waals surface area contributed by atoms with E-state index in [2.05, 4.69) is 4.74 Å². The Kier molecular flexibility index (Phi) is 3.10. The van der Waals surface area contributed by atoms with E-state index in [-0.39, 0.29) is 16.5 Å². The third-order valence-electron chi connectivity index (χ3n) is 1.26. The molecular weight excluding hydrogens is 221 g/mol. The van der Waals surface area contributed by atoms with E-state index in [1.54, 1.807) is 0 Å². The van der Waals surface area contributed by atoms with Crippen LogP contribution in [-0.2, 0) is 0 Å². The molecule has 14 heavy (non-hydrogen) atoms. The minimum Gasteiger partial charge on any atom is -0.508 e. The highest BCUT2D eigenvalue weighted by Crippen LogP contribution is 2.26. The number of ether oxygens (including phenoxy) is 1. The van der Waals surface area contributed by atoms with E-state index in [4.69, 9.17) is 16.7 Å². The van der Waals surface area contributed by atoms with Crippen LogP contribution >= 0.6 is 11.6 Å². The number of hydrogen-bond donors (Lipinski definition) is 1. The SMILES string of the molecule is Oc1cc(Cl)cc(OCC(F)(F)F)c1. The highest BCUT2D eigenvalue weighted by molar-refractivity contribution is 6.30. The molecule has 0 radical (unpaired) electrons. The highest BCUT2D eigenvalue weighted by Gasteiger charge is 2.28. The Hall–Kier alpha value is -1.10. The van der Waals surface area contributed by atoms with Gasteiger partial charge in [0.1, 0.15) is 11.5 Å². The fourth-order valence-electron chi connectivity index (χ4n) is 0.796. The molecule has 0 saturated heterocycles. The van der Waals surface area contributed by atoms with Crippen molar-refractivity contribution >= 4 is 11.6 Å². The van der Waals surface area contributed by atoms with Gasteiger partial charge in [0.05, 0.1) is 0 Å². The van der Waals surface area contributed by atoms with Crippen LogP contribution in [0.15, 0.2) is 18.2 Å². The van der Waals surface area contributed by atoms with Crippen LogP contribution < -0.4 is 4.74 Å². The summed E-state index contributed by atoms with van der Waals surface area (Å²) in [5.74, 6) is -0.359. The van der Waals surface area contributed by atoms with Gasteiger partial charge in [-0.2, -0.15) is 13.2 Å². The van der Waals surface area contributed by atoms with Crippen LogP contribution in [0.1, 0.15) is 0 Å². The maximum absolute atomic E-state index is 11.7. The molecule has 1 aromatic carbocycles. The van der Waals surface area contributed by atoms with Crippen molar-refractivity contribution in [2.24, 2.45) is 0 Å². The molecule has 6 heteroatoms. The molecule has 0 unspecified atom stereocenters. The minimum absolute atomic E-state index is 0.113. The summed E-state index contributed by atoms with van der Waals surface area (Å²) >= 11 is 5.48. The molecule has 0 aromatic heterocycles. The lowest BCUT2D eigenvalue weighted by molar-refractivity contribution is -0.153. The van der Waals surface area contributed by atoms with Gasteiger partial charge < -0.3 is 9.84 Å². The molecule has 0 saturated carbocycles. The molecule has 0 aliphatic rings. The normalized spacial score (nSPS) is 11.4. The molecule has 0 aliphatic carbocycles. The van der Waals surface area contributed by atoms with Crippen LogP contribution in [-0.4, -0.2) is 17.9 Å². The Morgan fingerprint density at radius 1 is 1.29 bits per heavy atom. The molecular formula is C8H6ClF3O2. The van der Waals surface area contributed by atoms with Crippen LogP contribution in [0.3, 0.4) is 0 Å². The van der Waals surface area contributed by atoms with Crippen molar-refractivity contribution in [1.29, 1.82) is 0 Å². The third-order valence-corrected chi connectivity index (χ3v) is 1.48. The zero-order chi connectivity index (χ0) is 10.8. The van der Waals surface area contributed by atoms with E-state index in [9.17, 15) is 13.2 Å². The van der Waals surface area contributed by atoms with Gasteiger partial charge in [0.15, 0.2) is 6.61 Å². The second kappa shape index (κ2) is 3.96. The summed E-state index contributed by atoms with van der Waals surface area (Å²) < 4.78 is 39.5. The molecule has 2 nitrogen and oxygen atoms in total. The van der Waals surface area contributed by atoms with Crippen molar-refractivity contribution < 1.29 is 23.0 Å².